The van der Waals surface area contributed by atoms with E-state index in [1.54, 1.807) is 23.4 Å². The minimum absolute atomic E-state index is 0.118. The van der Waals surface area contributed by atoms with E-state index in [1.807, 2.05) is 13.0 Å². The molecule has 1 aliphatic heterocycles. The lowest BCUT2D eigenvalue weighted by atomic mass is 10.1. The number of hydrogen-bond donors (Lipinski definition) is 1. The number of furan rings is 1. The predicted octanol–water partition coefficient (Wildman–Crippen LogP) is 2.01. The van der Waals surface area contributed by atoms with Gasteiger partial charge in [-0.2, -0.15) is 0 Å². The Morgan fingerprint density at radius 3 is 2.69 bits per heavy atom. The molecule has 0 aromatic carbocycles. The molecule has 8 nitrogen and oxygen atoms in total. The molecule has 0 atom stereocenters. The average molecular weight is 399 g/mol. The molecule has 0 spiro atoms. The van der Waals surface area contributed by atoms with Gasteiger partial charge in [-0.3, -0.25) is 14.6 Å². The maximum absolute atomic E-state index is 12.9. The van der Waals surface area contributed by atoms with Gasteiger partial charge < -0.3 is 19.5 Å². The number of rotatable bonds is 9. The monoisotopic (exact) mass is 399 g/mol. The first-order valence-corrected chi connectivity index (χ1v) is 10.2. The second-order valence-corrected chi connectivity index (χ2v) is 7.34. The van der Waals surface area contributed by atoms with E-state index in [0.717, 1.165) is 25.3 Å². The molecule has 2 aromatic heterocycles. The van der Waals surface area contributed by atoms with Crippen LogP contribution >= 0.6 is 0 Å². The van der Waals surface area contributed by atoms with Crippen LogP contribution in [0.2, 0.25) is 0 Å². The number of nitrogens with one attached hydrogen (secondary N) is 1. The summed E-state index contributed by atoms with van der Waals surface area (Å²) in [4.78, 5) is 37.6. The number of aryl methyl sites for hydroxylation is 1. The molecule has 8 heteroatoms. The van der Waals surface area contributed by atoms with Gasteiger partial charge in [0.25, 0.3) is 5.91 Å². The third kappa shape index (κ3) is 6.67. The van der Waals surface area contributed by atoms with Crippen LogP contribution in [0.4, 0.5) is 0 Å². The van der Waals surface area contributed by atoms with Crippen LogP contribution in [0.15, 0.2) is 35.2 Å². The van der Waals surface area contributed by atoms with E-state index in [-0.39, 0.29) is 18.2 Å². The van der Waals surface area contributed by atoms with Gasteiger partial charge in [0.2, 0.25) is 5.91 Å². The van der Waals surface area contributed by atoms with Gasteiger partial charge in [0, 0.05) is 32.3 Å². The molecule has 1 N–H and O–H groups in total. The SMILES string of the molecule is Cc1cnc(C(=O)N(CCC(=O)NCc2ccco2)CCN2CCCCC2)cn1. The summed E-state index contributed by atoms with van der Waals surface area (Å²) in [6.07, 6.45) is 8.57. The Hall–Kier alpha value is -2.74. The number of nitrogens with zero attached hydrogens (tertiary/aromatic N) is 4. The van der Waals surface area contributed by atoms with Crippen molar-refractivity contribution in [2.45, 2.75) is 39.2 Å². The van der Waals surface area contributed by atoms with E-state index in [0.29, 0.717) is 31.1 Å². The Morgan fingerprint density at radius 1 is 1.17 bits per heavy atom. The second-order valence-electron chi connectivity index (χ2n) is 7.34. The highest BCUT2D eigenvalue weighted by molar-refractivity contribution is 5.92. The van der Waals surface area contributed by atoms with Crippen molar-refractivity contribution in [1.29, 1.82) is 0 Å². The van der Waals surface area contributed by atoms with Gasteiger partial charge in [0.05, 0.1) is 24.7 Å². The normalized spacial score (nSPS) is 14.5. The molecule has 1 aliphatic rings. The molecule has 0 aliphatic carbocycles. The molecular weight excluding hydrogens is 370 g/mol. The maximum Gasteiger partial charge on any atom is 0.274 e. The number of aromatic nitrogens is 2. The van der Waals surface area contributed by atoms with Gasteiger partial charge in [-0.1, -0.05) is 6.42 Å². The number of carbonyl (C=O) groups excluding carboxylic acids is 2. The molecule has 29 heavy (non-hydrogen) atoms. The maximum atomic E-state index is 12.9. The third-order valence-corrected chi connectivity index (χ3v) is 5.07. The summed E-state index contributed by atoms with van der Waals surface area (Å²) in [7, 11) is 0. The number of amides is 2. The van der Waals surface area contributed by atoms with E-state index in [2.05, 4.69) is 20.2 Å². The topological polar surface area (TPSA) is 91.6 Å². The highest BCUT2D eigenvalue weighted by Gasteiger charge is 2.20. The molecular formula is C21H29N5O3. The van der Waals surface area contributed by atoms with E-state index >= 15 is 0 Å². The zero-order valence-electron chi connectivity index (χ0n) is 17.0. The lowest BCUT2D eigenvalue weighted by Gasteiger charge is -2.30. The summed E-state index contributed by atoms with van der Waals surface area (Å²) in [5.74, 6) is 0.395. The largest absolute Gasteiger partial charge is 0.467 e. The van der Waals surface area contributed by atoms with Crippen LogP contribution < -0.4 is 5.32 Å². The fourth-order valence-electron chi connectivity index (χ4n) is 3.35. The van der Waals surface area contributed by atoms with Crippen molar-refractivity contribution in [3.63, 3.8) is 0 Å². The fourth-order valence-corrected chi connectivity index (χ4v) is 3.35. The molecule has 0 bridgehead atoms. The fraction of sp³-hybridized carbons (Fsp3) is 0.524. The van der Waals surface area contributed by atoms with Crippen molar-refractivity contribution in [2.24, 2.45) is 0 Å². The van der Waals surface area contributed by atoms with E-state index < -0.39 is 0 Å². The number of likely N-dealkylation sites (tertiary alicyclic amines) is 1. The predicted molar refractivity (Wildman–Crippen MR) is 108 cm³/mol. The molecule has 3 rings (SSSR count). The number of piperidine rings is 1. The third-order valence-electron chi connectivity index (χ3n) is 5.07. The van der Waals surface area contributed by atoms with Crippen molar-refractivity contribution in [2.75, 3.05) is 32.7 Å². The highest BCUT2D eigenvalue weighted by Crippen LogP contribution is 2.10. The van der Waals surface area contributed by atoms with Gasteiger partial charge >= 0.3 is 0 Å². The first kappa shape index (κ1) is 21.0. The highest BCUT2D eigenvalue weighted by atomic mass is 16.3. The van der Waals surface area contributed by atoms with E-state index in [9.17, 15) is 9.59 Å². The van der Waals surface area contributed by atoms with Gasteiger partial charge in [0.15, 0.2) is 0 Å². The van der Waals surface area contributed by atoms with Crippen molar-refractivity contribution in [3.8, 4) is 0 Å². The Morgan fingerprint density at radius 2 is 2.00 bits per heavy atom. The molecule has 0 unspecified atom stereocenters. The van der Waals surface area contributed by atoms with Crippen molar-refractivity contribution in [3.05, 3.63) is 47.9 Å². The second kappa shape index (κ2) is 10.7. The van der Waals surface area contributed by atoms with Crippen molar-refractivity contribution >= 4 is 11.8 Å². The molecule has 2 amide bonds. The Labute approximate surface area is 171 Å². The van der Waals surface area contributed by atoms with E-state index in [4.69, 9.17) is 4.42 Å². The molecule has 1 fully saturated rings. The lowest BCUT2D eigenvalue weighted by molar-refractivity contribution is -0.121. The number of hydrogen-bond acceptors (Lipinski definition) is 6. The summed E-state index contributed by atoms with van der Waals surface area (Å²) in [6.45, 7) is 6.02. The molecule has 3 heterocycles. The lowest BCUT2D eigenvalue weighted by Crippen LogP contribution is -2.42. The Balaban J connectivity index is 1.55. The first-order valence-electron chi connectivity index (χ1n) is 10.2. The molecule has 156 valence electrons. The van der Waals surface area contributed by atoms with Gasteiger partial charge in [0.1, 0.15) is 11.5 Å². The number of carbonyl (C=O) groups is 2. The summed E-state index contributed by atoms with van der Waals surface area (Å²) in [5, 5.41) is 2.82. The van der Waals surface area contributed by atoms with Crippen LogP contribution in [0.3, 0.4) is 0 Å². The van der Waals surface area contributed by atoms with E-state index in [1.165, 1.54) is 25.5 Å². The molecule has 1 saturated heterocycles. The van der Waals surface area contributed by atoms with Gasteiger partial charge in [-0.25, -0.2) is 4.98 Å². The van der Waals surface area contributed by atoms with Crippen molar-refractivity contribution < 1.29 is 14.0 Å². The summed E-state index contributed by atoms with van der Waals surface area (Å²) >= 11 is 0. The standard InChI is InChI=1S/C21H29N5O3/c1-17-14-23-19(16-22-17)21(28)26(12-11-25-8-3-2-4-9-25)10-7-20(27)24-15-18-6-5-13-29-18/h5-6,13-14,16H,2-4,7-12,15H2,1H3,(H,24,27). The zero-order valence-corrected chi connectivity index (χ0v) is 17.0. The minimum Gasteiger partial charge on any atom is -0.467 e. The average Bonchev–Trinajstić information content (AvgIpc) is 3.27. The van der Waals surface area contributed by atoms with Gasteiger partial charge in [-0.05, 0) is 45.0 Å². The quantitative estimate of drug-likeness (QED) is 0.694. The van der Waals surface area contributed by atoms with Crippen LogP contribution in [0, 0.1) is 6.92 Å². The minimum atomic E-state index is -0.187. The van der Waals surface area contributed by atoms with Crippen LogP contribution in [-0.2, 0) is 11.3 Å². The molecule has 2 aromatic rings. The van der Waals surface area contributed by atoms with Crippen LogP contribution in [0.25, 0.3) is 0 Å². The van der Waals surface area contributed by atoms with Crippen LogP contribution in [-0.4, -0.2) is 64.3 Å². The van der Waals surface area contributed by atoms with Gasteiger partial charge in [-0.15, -0.1) is 0 Å². The van der Waals surface area contributed by atoms with Crippen LogP contribution in [0.5, 0.6) is 0 Å². The summed E-state index contributed by atoms with van der Waals surface area (Å²) in [5.41, 5.74) is 1.07. The summed E-state index contributed by atoms with van der Waals surface area (Å²) < 4.78 is 5.22. The van der Waals surface area contributed by atoms with Crippen LogP contribution in [0.1, 0.15) is 47.6 Å². The smallest absolute Gasteiger partial charge is 0.274 e. The zero-order chi connectivity index (χ0) is 20.5. The molecule has 0 saturated carbocycles. The van der Waals surface area contributed by atoms with Crippen molar-refractivity contribution in [1.82, 2.24) is 25.1 Å². The first-order chi connectivity index (χ1) is 14.1. The molecule has 0 radical (unpaired) electrons. The summed E-state index contributed by atoms with van der Waals surface area (Å²) in [6, 6.07) is 3.59. The Kier molecular flexibility index (Phi) is 7.75. The Bertz CT molecular complexity index is 770.